The van der Waals surface area contributed by atoms with E-state index >= 15 is 0 Å². The van der Waals surface area contributed by atoms with Crippen molar-refractivity contribution >= 4 is 11.3 Å². The minimum absolute atomic E-state index is 0.0279. The molecular formula is C15H21F2NS. The summed E-state index contributed by atoms with van der Waals surface area (Å²) in [4.78, 5) is 3.74. The molecule has 2 aliphatic rings. The molecule has 0 aromatic carbocycles. The van der Waals surface area contributed by atoms with Gasteiger partial charge in [0.25, 0.3) is 5.92 Å². The summed E-state index contributed by atoms with van der Waals surface area (Å²) in [6.07, 6.45) is 6.07. The summed E-state index contributed by atoms with van der Waals surface area (Å²) in [6, 6.07) is 4.29. The lowest BCUT2D eigenvalue weighted by Gasteiger charge is -2.48. The number of hydrogen-bond acceptors (Lipinski definition) is 2. The molecule has 1 aliphatic carbocycles. The Morgan fingerprint density at radius 1 is 1.00 bits per heavy atom. The van der Waals surface area contributed by atoms with Gasteiger partial charge in [-0.1, -0.05) is 25.3 Å². The first kappa shape index (κ1) is 13.5. The van der Waals surface area contributed by atoms with Crippen LogP contribution in [0.5, 0.6) is 0 Å². The quantitative estimate of drug-likeness (QED) is 0.765. The molecule has 0 radical (unpaired) electrons. The van der Waals surface area contributed by atoms with E-state index in [1.165, 1.54) is 24.1 Å². The van der Waals surface area contributed by atoms with Crippen LogP contribution in [0.15, 0.2) is 17.5 Å². The van der Waals surface area contributed by atoms with Gasteiger partial charge >= 0.3 is 0 Å². The van der Waals surface area contributed by atoms with Gasteiger partial charge in [-0.3, -0.25) is 4.90 Å². The molecule has 0 bridgehead atoms. The minimum atomic E-state index is -2.44. The average molecular weight is 285 g/mol. The lowest BCUT2D eigenvalue weighted by molar-refractivity contribution is -0.0866. The maximum atomic E-state index is 13.4. The fourth-order valence-corrected chi connectivity index (χ4v) is 4.67. The SMILES string of the molecule is FC1(F)CCN(C2(c3cccs3)CCCCC2)CC1. The minimum Gasteiger partial charge on any atom is -0.292 e. The number of nitrogens with zero attached hydrogens (tertiary/aromatic N) is 1. The highest BCUT2D eigenvalue weighted by molar-refractivity contribution is 7.10. The molecule has 1 saturated carbocycles. The molecule has 1 nitrogen and oxygen atoms in total. The van der Waals surface area contributed by atoms with Crippen molar-refractivity contribution in [3.63, 3.8) is 0 Å². The summed E-state index contributed by atoms with van der Waals surface area (Å²) in [5.74, 6) is -2.44. The van der Waals surface area contributed by atoms with Crippen molar-refractivity contribution in [1.29, 1.82) is 0 Å². The Morgan fingerprint density at radius 2 is 1.68 bits per heavy atom. The van der Waals surface area contributed by atoms with Crippen molar-refractivity contribution in [2.75, 3.05) is 13.1 Å². The Labute approximate surface area is 117 Å². The van der Waals surface area contributed by atoms with E-state index < -0.39 is 5.92 Å². The van der Waals surface area contributed by atoms with E-state index in [2.05, 4.69) is 22.4 Å². The van der Waals surface area contributed by atoms with Crippen LogP contribution in [0, 0.1) is 0 Å². The third-order valence-electron chi connectivity index (χ3n) is 4.76. The van der Waals surface area contributed by atoms with E-state index in [9.17, 15) is 8.78 Å². The third kappa shape index (κ3) is 2.57. The standard InChI is InChI=1S/C15H21F2NS/c16-15(17)8-10-18(11-9-15)14(6-2-1-3-7-14)13-5-4-12-19-13/h4-5,12H,1-3,6-11H2. The van der Waals surface area contributed by atoms with Crippen molar-refractivity contribution < 1.29 is 8.78 Å². The van der Waals surface area contributed by atoms with E-state index in [1.807, 2.05) is 0 Å². The number of alkyl halides is 2. The monoisotopic (exact) mass is 285 g/mol. The zero-order valence-electron chi connectivity index (χ0n) is 11.2. The molecule has 2 fully saturated rings. The van der Waals surface area contributed by atoms with Crippen LogP contribution in [0.1, 0.15) is 49.8 Å². The number of likely N-dealkylation sites (tertiary alicyclic amines) is 1. The second-order valence-corrected chi connectivity index (χ2v) is 6.86. The molecule has 0 spiro atoms. The number of rotatable bonds is 2. The van der Waals surface area contributed by atoms with Gasteiger partial charge < -0.3 is 0 Å². The zero-order chi connectivity index (χ0) is 13.3. The fraction of sp³-hybridized carbons (Fsp3) is 0.733. The van der Waals surface area contributed by atoms with E-state index in [4.69, 9.17) is 0 Å². The van der Waals surface area contributed by atoms with Crippen molar-refractivity contribution in [3.8, 4) is 0 Å². The van der Waals surface area contributed by atoms with Crippen molar-refractivity contribution in [2.24, 2.45) is 0 Å². The number of piperidine rings is 1. The first-order valence-electron chi connectivity index (χ1n) is 7.29. The highest BCUT2D eigenvalue weighted by Gasteiger charge is 2.45. The molecule has 1 aliphatic heterocycles. The van der Waals surface area contributed by atoms with Gasteiger partial charge in [-0.25, -0.2) is 8.78 Å². The molecule has 4 heteroatoms. The molecule has 1 saturated heterocycles. The van der Waals surface area contributed by atoms with Crippen LogP contribution in [-0.2, 0) is 5.54 Å². The predicted molar refractivity (Wildman–Crippen MR) is 74.8 cm³/mol. The van der Waals surface area contributed by atoms with Crippen LogP contribution >= 0.6 is 11.3 Å². The molecule has 0 amide bonds. The molecule has 19 heavy (non-hydrogen) atoms. The van der Waals surface area contributed by atoms with Crippen molar-refractivity contribution in [1.82, 2.24) is 4.90 Å². The normalized spacial score (nSPS) is 27.3. The van der Waals surface area contributed by atoms with Crippen LogP contribution in [0.3, 0.4) is 0 Å². The van der Waals surface area contributed by atoms with Crippen LogP contribution in [-0.4, -0.2) is 23.9 Å². The van der Waals surface area contributed by atoms with E-state index in [1.54, 1.807) is 11.3 Å². The second-order valence-electron chi connectivity index (χ2n) is 5.91. The Balaban J connectivity index is 1.84. The van der Waals surface area contributed by atoms with E-state index in [0.29, 0.717) is 13.1 Å². The van der Waals surface area contributed by atoms with Crippen LogP contribution in [0.4, 0.5) is 8.78 Å². The number of thiophene rings is 1. The average Bonchev–Trinajstić information content (AvgIpc) is 2.94. The molecule has 0 atom stereocenters. The summed E-state index contributed by atoms with van der Waals surface area (Å²) in [5, 5.41) is 2.12. The van der Waals surface area contributed by atoms with E-state index in [0.717, 1.165) is 12.8 Å². The summed E-state index contributed by atoms with van der Waals surface area (Å²) in [5.41, 5.74) is 0.0584. The summed E-state index contributed by atoms with van der Waals surface area (Å²) in [6.45, 7) is 1.09. The smallest absolute Gasteiger partial charge is 0.250 e. The van der Waals surface area contributed by atoms with Gasteiger partial charge in [-0.05, 0) is 24.3 Å². The Hall–Kier alpha value is -0.480. The zero-order valence-corrected chi connectivity index (χ0v) is 12.0. The Morgan fingerprint density at radius 3 is 2.26 bits per heavy atom. The molecule has 2 heterocycles. The lowest BCUT2D eigenvalue weighted by Crippen LogP contribution is -2.52. The molecule has 0 unspecified atom stereocenters. The molecule has 1 aromatic rings. The fourth-order valence-electron chi connectivity index (χ4n) is 3.66. The van der Waals surface area contributed by atoms with Crippen LogP contribution in [0.25, 0.3) is 0 Å². The highest BCUT2D eigenvalue weighted by Crippen LogP contribution is 2.46. The first-order valence-corrected chi connectivity index (χ1v) is 8.17. The summed E-state index contributed by atoms with van der Waals surface area (Å²) >= 11 is 1.79. The molecular weight excluding hydrogens is 264 g/mol. The molecule has 106 valence electrons. The Kier molecular flexibility index (Phi) is 3.65. The Bertz CT molecular complexity index is 400. The maximum absolute atomic E-state index is 13.4. The van der Waals surface area contributed by atoms with Gasteiger partial charge in [0.15, 0.2) is 0 Å². The predicted octanol–water partition coefficient (Wildman–Crippen LogP) is 4.64. The molecule has 1 aromatic heterocycles. The van der Waals surface area contributed by atoms with Crippen LogP contribution in [0.2, 0.25) is 0 Å². The van der Waals surface area contributed by atoms with Gasteiger partial charge in [0.05, 0.1) is 5.54 Å². The van der Waals surface area contributed by atoms with Crippen LogP contribution < -0.4 is 0 Å². The lowest BCUT2D eigenvalue weighted by atomic mass is 9.78. The maximum Gasteiger partial charge on any atom is 0.250 e. The van der Waals surface area contributed by atoms with Crippen molar-refractivity contribution in [3.05, 3.63) is 22.4 Å². The van der Waals surface area contributed by atoms with Gasteiger partial charge in [0.2, 0.25) is 0 Å². The summed E-state index contributed by atoms with van der Waals surface area (Å²) < 4.78 is 26.8. The largest absolute Gasteiger partial charge is 0.292 e. The van der Waals surface area contributed by atoms with Gasteiger partial charge in [0.1, 0.15) is 0 Å². The van der Waals surface area contributed by atoms with E-state index in [-0.39, 0.29) is 18.4 Å². The number of hydrogen-bond donors (Lipinski definition) is 0. The van der Waals surface area contributed by atoms with Gasteiger partial charge in [-0.2, -0.15) is 0 Å². The van der Waals surface area contributed by atoms with Gasteiger partial charge in [-0.15, -0.1) is 11.3 Å². The van der Waals surface area contributed by atoms with Crippen molar-refractivity contribution in [2.45, 2.75) is 56.4 Å². The van der Waals surface area contributed by atoms with Gasteiger partial charge in [0, 0.05) is 30.8 Å². The third-order valence-corrected chi connectivity index (χ3v) is 5.82. The molecule has 3 rings (SSSR count). The number of halogens is 2. The second kappa shape index (κ2) is 5.13. The highest BCUT2D eigenvalue weighted by atomic mass is 32.1. The topological polar surface area (TPSA) is 3.24 Å². The first-order chi connectivity index (χ1) is 9.12. The molecule has 0 N–H and O–H groups in total. The summed E-state index contributed by atoms with van der Waals surface area (Å²) in [7, 11) is 0.